The third-order valence-corrected chi connectivity index (χ3v) is 4.21. The Bertz CT molecular complexity index is 932. The van der Waals surface area contributed by atoms with Crippen LogP contribution in [0.4, 0.5) is 18.9 Å². The van der Waals surface area contributed by atoms with Crippen molar-refractivity contribution < 1.29 is 23.1 Å². The van der Waals surface area contributed by atoms with Gasteiger partial charge in [0.2, 0.25) is 5.43 Å². The zero-order chi connectivity index (χ0) is 18.5. The van der Waals surface area contributed by atoms with Gasteiger partial charge in [0.15, 0.2) is 5.82 Å². The van der Waals surface area contributed by atoms with E-state index in [2.05, 4.69) is 0 Å². The largest absolute Gasteiger partial charge is 0.477 e. The molecule has 0 spiro atoms. The summed E-state index contributed by atoms with van der Waals surface area (Å²) in [5.41, 5.74) is 2.90. The van der Waals surface area contributed by atoms with Crippen molar-refractivity contribution in [1.29, 1.82) is 0 Å². The van der Waals surface area contributed by atoms with Gasteiger partial charge in [-0.05, 0) is 13.0 Å². The molecule has 2 aromatic rings. The molecule has 0 radical (unpaired) electrons. The number of nitrogens with zero attached hydrogens (tertiary/aromatic N) is 2. The van der Waals surface area contributed by atoms with Gasteiger partial charge in [0.05, 0.1) is 17.4 Å². The number of aromatic nitrogens is 1. The monoisotopic (exact) mass is 355 g/mol. The molecule has 1 fully saturated rings. The molecule has 1 saturated heterocycles. The molecular formula is C16H16F3N3O3. The van der Waals surface area contributed by atoms with Crippen LogP contribution in [-0.2, 0) is 6.54 Å². The predicted molar refractivity (Wildman–Crippen MR) is 85.9 cm³/mol. The molecule has 0 aliphatic carbocycles. The number of alkyl halides is 1. The third kappa shape index (κ3) is 2.74. The first-order valence-corrected chi connectivity index (χ1v) is 7.54. The average Bonchev–Trinajstić information content (AvgIpc) is 2.47. The van der Waals surface area contributed by atoms with Crippen LogP contribution in [0.3, 0.4) is 0 Å². The second kappa shape index (κ2) is 5.76. The van der Waals surface area contributed by atoms with Gasteiger partial charge in [-0.1, -0.05) is 0 Å². The summed E-state index contributed by atoms with van der Waals surface area (Å²) in [4.78, 5) is 24.8. The number of carbonyl (C=O) groups is 1. The zero-order valence-electron chi connectivity index (χ0n) is 13.4. The summed E-state index contributed by atoms with van der Waals surface area (Å²) in [6.45, 7) is 0.889. The number of rotatable bonds is 4. The molecule has 9 heteroatoms. The van der Waals surface area contributed by atoms with Crippen molar-refractivity contribution >= 4 is 22.6 Å². The second-order valence-electron chi connectivity index (χ2n) is 6.49. The SMILES string of the molecule is CC1(N)CN(c2c(F)cc3c(=O)c(C(=O)O)cn(CCF)c3c2F)C1. The smallest absolute Gasteiger partial charge is 0.341 e. The van der Waals surface area contributed by atoms with Crippen molar-refractivity contribution in [2.75, 3.05) is 24.7 Å². The molecule has 3 N–H and O–H groups in total. The lowest BCUT2D eigenvalue weighted by atomic mass is 9.92. The van der Waals surface area contributed by atoms with Crippen LogP contribution in [0.1, 0.15) is 17.3 Å². The number of aryl methyl sites for hydroxylation is 1. The minimum absolute atomic E-state index is 0.215. The number of fused-ring (bicyclic) bond motifs is 1. The highest BCUT2D eigenvalue weighted by atomic mass is 19.1. The van der Waals surface area contributed by atoms with Gasteiger partial charge < -0.3 is 20.3 Å². The fourth-order valence-corrected chi connectivity index (χ4v) is 3.17. The molecule has 25 heavy (non-hydrogen) atoms. The maximum Gasteiger partial charge on any atom is 0.341 e. The van der Waals surface area contributed by atoms with Crippen LogP contribution >= 0.6 is 0 Å². The summed E-state index contributed by atoms with van der Waals surface area (Å²) >= 11 is 0. The number of nitrogens with two attached hydrogens (primary N) is 1. The Morgan fingerprint density at radius 2 is 2.04 bits per heavy atom. The third-order valence-electron chi connectivity index (χ3n) is 4.21. The Labute approximate surface area is 140 Å². The average molecular weight is 355 g/mol. The Balaban J connectivity index is 2.30. The van der Waals surface area contributed by atoms with E-state index < -0.39 is 46.2 Å². The summed E-state index contributed by atoms with van der Waals surface area (Å²) in [5.74, 6) is -3.58. The van der Waals surface area contributed by atoms with E-state index in [1.165, 1.54) is 4.90 Å². The van der Waals surface area contributed by atoms with Crippen molar-refractivity contribution in [2.45, 2.75) is 19.0 Å². The molecule has 6 nitrogen and oxygen atoms in total. The van der Waals surface area contributed by atoms with Gasteiger partial charge in [0.1, 0.15) is 23.7 Å². The molecule has 0 atom stereocenters. The van der Waals surface area contributed by atoms with Crippen LogP contribution in [0.25, 0.3) is 10.9 Å². The fourth-order valence-electron chi connectivity index (χ4n) is 3.17. The minimum Gasteiger partial charge on any atom is -0.477 e. The van der Waals surface area contributed by atoms with E-state index in [0.29, 0.717) is 0 Å². The molecule has 1 aromatic heterocycles. The van der Waals surface area contributed by atoms with Crippen molar-refractivity contribution in [3.05, 3.63) is 39.7 Å². The highest BCUT2D eigenvalue weighted by Crippen LogP contribution is 2.34. The topological polar surface area (TPSA) is 88.6 Å². The highest BCUT2D eigenvalue weighted by Gasteiger charge is 2.38. The van der Waals surface area contributed by atoms with Gasteiger partial charge in [-0.3, -0.25) is 4.79 Å². The summed E-state index contributed by atoms with van der Waals surface area (Å²) in [6, 6.07) is 0.795. The van der Waals surface area contributed by atoms with Crippen LogP contribution in [0.5, 0.6) is 0 Å². The van der Waals surface area contributed by atoms with E-state index in [1.54, 1.807) is 6.92 Å². The first-order valence-electron chi connectivity index (χ1n) is 7.54. The van der Waals surface area contributed by atoms with Gasteiger partial charge in [-0.2, -0.15) is 0 Å². The first kappa shape index (κ1) is 17.3. The Morgan fingerprint density at radius 3 is 2.56 bits per heavy atom. The number of carboxylic acids is 1. The van der Waals surface area contributed by atoms with Crippen LogP contribution in [0.2, 0.25) is 0 Å². The maximum atomic E-state index is 15.0. The molecule has 134 valence electrons. The van der Waals surface area contributed by atoms with Gasteiger partial charge in [-0.25, -0.2) is 18.0 Å². The lowest BCUT2D eigenvalue weighted by Crippen LogP contribution is -2.66. The Morgan fingerprint density at radius 1 is 1.40 bits per heavy atom. The Hall–Kier alpha value is -2.55. The summed E-state index contributed by atoms with van der Waals surface area (Å²) in [7, 11) is 0. The van der Waals surface area contributed by atoms with Crippen LogP contribution < -0.4 is 16.1 Å². The predicted octanol–water partition coefficient (Wildman–Crippen LogP) is 1.48. The Kier molecular flexibility index (Phi) is 3.98. The van der Waals surface area contributed by atoms with Crippen molar-refractivity contribution in [3.8, 4) is 0 Å². The number of benzene rings is 1. The summed E-state index contributed by atoms with van der Waals surface area (Å²) in [6.07, 6.45) is 0.875. The van der Waals surface area contributed by atoms with E-state index in [4.69, 9.17) is 10.8 Å². The molecule has 2 heterocycles. The van der Waals surface area contributed by atoms with Crippen LogP contribution in [0, 0.1) is 11.6 Å². The zero-order valence-corrected chi connectivity index (χ0v) is 13.4. The molecular weight excluding hydrogens is 339 g/mol. The normalized spacial score (nSPS) is 16.1. The number of anilines is 1. The molecule has 0 amide bonds. The van der Waals surface area contributed by atoms with E-state index in [9.17, 15) is 22.8 Å². The maximum absolute atomic E-state index is 15.0. The van der Waals surface area contributed by atoms with Crippen molar-refractivity contribution in [2.24, 2.45) is 5.73 Å². The molecule has 1 aromatic carbocycles. The van der Waals surface area contributed by atoms with Crippen molar-refractivity contribution in [3.63, 3.8) is 0 Å². The fraction of sp³-hybridized carbons (Fsp3) is 0.375. The quantitative estimate of drug-likeness (QED) is 0.867. The molecule has 0 unspecified atom stereocenters. The lowest BCUT2D eigenvalue weighted by Gasteiger charge is -2.47. The van der Waals surface area contributed by atoms with E-state index >= 15 is 0 Å². The number of hydrogen-bond acceptors (Lipinski definition) is 4. The number of carboxylic acid groups (broad SMARTS) is 1. The second-order valence-corrected chi connectivity index (χ2v) is 6.49. The van der Waals surface area contributed by atoms with Crippen LogP contribution in [0.15, 0.2) is 17.1 Å². The van der Waals surface area contributed by atoms with Gasteiger partial charge in [0.25, 0.3) is 0 Å². The van der Waals surface area contributed by atoms with E-state index in [0.717, 1.165) is 16.8 Å². The van der Waals surface area contributed by atoms with E-state index in [-0.39, 0.29) is 30.8 Å². The number of hydrogen-bond donors (Lipinski definition) is 2. The summed E-state index contributed by atoms with van der Waals surface area (Å²) in [5, 5.41) is 8.65. The first-order chi connectivity index (χ1) is 11.7. The van der Waals surface area contributed by atoms with Crippen molar-refractivity contribution in [1.82, 2.24) is 4.57 Å². The van der Waals surface area contributed by atoms with Crippen LogP contribution in [-0.4, -0.2) is 40.9 Å². The lowest BCUT2D eigenvalue weighted by molar-refractivity contribution is 0.0694. The van der Waals surface area contributed by atoms with Gasteiger partial charge in [-0.15, -0.1) is 0 Å². The number of halogens is 3. The highest BCUT2D eigenvalue weighted by molar-refractivity contribution is 5.94. The molecule has 0 bridgehead atoms. The molecule has 3 rings (SSSR count). The number of aromatic carboxylic acids is 1. The molecule has 1 aliphatic heterocycles. The van der Waals surface area contributed by atoms with Gasteiger partial charge >= 0.3 is 5.97 Å². The minimum atomic E-state index is -1.55. The summed E-state index contributed by atoms with van der Waals surface area (Å²) < 4.78 is 43.2. The number of pyridine rings is 1. The van der Waals surface area contributed by atoms with E-state index in [1.807, 2.05) is 0 Å². The molecule has 0 saturated carbocycles. The molecule has 1 aliphatic rings. The standard InChI is InChI=1S/C16H16F3N3O3/c1-16(20)6-22(7-16)13-10(18)4-8-12(11(13)19)21(3-2-17)5-9(14(8)23)15(24)25/h4-5H,2-3,6-7,20H2,1H3,(H,24,25). The van der Waals surface area contributed by atoms with Gasteiger partial charge in [0, 0.05) is 24.8 Å².